The lowest BCUT2D eigenvalue weighted by molar-refractivity contribution is 0.0112. The van der Waals surface area contributed by atoms with Crippen molar-refractivity contribution in [1.82, 2.24) is 14.5 Å². The molecule has 0 bridgehead atoms. The smallest absolute Gasteiger partial charge is 0.321 e. The van der Waals surface area contributed by atoms with Crippen molar-refractivity contribution >= 4 is 11.7 Å². The maximum atomic E-state index is 12.7. The van der Waals surface area contributed by atoms with Crippen LogP contribution >= 0.6 is 0 Å². The number of piperidine rings is 1. The first-order chi connectivity index (χ1) is 14.4. The monoisotopic (exact) mass is 412 g/mol. The third-order valence-corrected chi connectivity index (χ3v) is 5.57. The molecule has 164 valence electrons. The number of nitrogens with one attached hydrogen (secondary N) is 1. The average Bonchev–Trinajstić information content (AvgIpc) is 3.17. The molecule has 2 heterocycles. The molecule has 0 radical (unpaired) electrons. The molecular formula is C24H36N4O2. The minimum Gasteiger partial charge on any atom is -0.378 e. The lowest BCUT2D eigenvalue weighted by Crippen LogP contribution is -2.43. The fourth-order valence-electron chi connectivity index (χ4n) is 3.80. The molecule has 3 rings (SSSR count). The number of benzene rings is 1. The number of amides is 2. The Morgan fingerprint density at radius 2 is 2.00 bits per heavy atom. The van der Waals surface area contributed by atoms with E-state index in [0.717, 1.165) is 62.6 Å². The molecule has 1 aliphatic rings. The Bertz CT molecular complexity index is 807. The Hall–Kier alpha value is -2.34. The molecule has 1 N–H and O–H groups in total. The molecule has 1 saturated heterocycles. The zero-order chi connectivity index (χ0) is 21.5. The first-order valence-corrected chi connectivity index (χ1v) is 11.2. The van der Waals surface area contributed by atoms with Gasteiger partial charge in [0, 0.05) is 50.2 Å². The quantitative estimate of drug-likeness (QED) is 0.655. The van der Waals surface area contributed by atoms with Crippen LogP contribution in [0.4, 0.5) is 10.5 Å². The van der Waals surface area contributed by atoms with Gasteiger partial charge >= 0.3 is 6.03 Å². The van der Waals surface area contributed by atoms with Crippen molar-refractivity contribution in [3.05, 3.63) is 48.0 Å². The molecule has 1 aromatic heterocycles. The van der Waals surface area contributed by atoms with Gasteiger partial charge < -0.3 is 19.5 Å². The summed E-state index contributed by atoms with van der Waals surface area (Å²) in [4.78, 5) is 19.1. The number of hydrogen-bond donors (Lipinski definition) is 1. The Kier molecular flexibility index (Phi) is 7.91. The van der Waals surface area contributed by atoms with E-state index in [1.807, 2.05) is 35.5 Å². The van der Waals surface area contributed by atoms with E-state index < -0.39 is 0 Å². The van der Waals surface area contributed by atoms with Gasteiger partial charge in [-0.05, 0) is 42.9 Å². The summed E-state index contributed by atoms with van der Waals surface area (Å²) in [7, 11) is 0. The Balaban J connectivity index is 1.50. The van der Waals surface area contributed by atoms with E-state index in [1.165, 1.54) is 0 Å². The fraction of sp³-hybridized carbons (Fsp3) is 0.583. The van der Waals surface area contributed by atoms with Gasteiger partial charge in [0.25, 0.3) is 0 Å². The normalized spacial score (nSPS) is 15.2. The molecule has 0 unspecified atom stereocenters. The molecule has 1 fully saturated rings. The number of anilines is 1. The Morgan fingerprint density at radius 1 is 1.23 bits per heavy atom. The van der Waals surface area contributed by atoms with Crippen LogP contribution in [0.1, 0.15) is 64.3 Å². The van der Waals surface area contributed by atoms with Crippen LogP contribution in [0.2, 0.25) is 0 Å². The van der Waals surface area contributed by atoms with Gasteiger partial charge in [0.2, 0.25) is 0 Å². The number of carbonyl (C=O) groups excluding carboxylic acids is 1. The third-order valence-electron chi connectivity index (χ3n) is 5.57. The van der Waals surface area contributed by atoms with Crippen molar-refractivity contribution in [2.24, 2.45) is 5.92 Å². The number of nitrogens with zero attached hydrogens (tertiary/aromatic N) is 3. The number of likely N-dealkylation sites (tertiary alicyclic amines) is 1. The first-order valence-electron chi connectivity index (χ1n) is 11.2. The number of urea groups is 1. The zero-order valence-electron chi connectivity index (χ0n) is 18.8. The predicted octanol–water partition coefficient (Wildman–Crippen LogP) is 5.11. The maximum absolute atomic E-state index is 12.7. The summed E-state index contributed by atoms with van der Waals surface area (Å²) in [5.41, 5.74) is 1.98. The number of ether oxygens (including phenoxy) is 1. The highest BCUT2D eigenvalue weighted by atomic mass is 16.5. The van der Waals surface area contributed by atoms with E-state index in [2.05, 4.69) is 48.6 Å². The standard InChI is InChI=1S/C24H36N4O2/c1-18(2)10-15-30-22-8-12-27(13-9-22)24(29)26-21-7-5-6-20(16-21)17-28-14-11-25-23(28)19(3)4/h5-7,11,14,16,18-19,22H,8-10,12-13,15,17H2,1-4H3,(H,26,29). The molecule has 2 aromatic rings. The summed E-state index contributed by atoms with van der Waals surface area (Å²) < 4.78 is 8.13. The van der Waals surface area contributed by atoms with Crippen LogP contribution in [0, 0.1) is 5.92 Å². The Labute approximate surface area is 180 Å². The summed E-state index contributed by atoms with van der Waals surface area (Å²) in [6.45, 7) is 11.8. The van der Waals surface area contributed by atoms with Crippen LogP contribution in [0.25, 0.3) is 0 Å². The van der Waals surface area contributed by atoms with E-state index in [9.17, 15) is 4.79 Å². The highest BCUT2D eigenvalue weighted by Gasteiger charge is 2.23. The second-order valence-corrected chi connectivity index (χ2v) is 8.94. The van der Waals surface area contributed by atoms with Crippen molar-refractivity contribution in [2.75, 3.05) is 25.0 Å². The lowest BCUT2D eigenvalue weighted by Gasteiger charge is -2.32. The predicted molar refractivity (Wildman–Crippen MR) is 121 cm³/mol. The molecule has 1 aliphatic heterocycles. The summed E-state index contributed by atoms with van der Waals surface area (Å²) >= 11 is 0. The number of hydrogen-bond acceptors (Lipinski definition) is 3. The van der Waals surface area contributed by atoms with Gasteiger partial charge in [0.15, 0.2) is 0 Å². The highest BCUT2D eigenvalue weighted by Crippen LogP contribution is 2.19. The SMILES string of the molecule is CC(C)CCOC1CCN(C(=O)Nc2cccc(Cn3ccnc3C(C)C)c2)CC1. The fourth-order valence-corrected chi connectivity index (χ4v) is 3.80. The molecule has 0 saturated carbocycles. The zero-order valence-corrected chi connectivity index (χ0v) is 18.8. The molecule has 0 atom stereocenters. The highest BCUT2D eigenvalue weighted by molar-refractivity contribution is 5.89. The minimum absolute atomic E-state index is 0.0294. The first kappa shape index (κ1) is 22.3. The summed E-state index contributed by atoms with van der Waals surface area (Å²) in [6, 6.07) is 8.04. The molecule has 2 amide bonds. The molecule has 6 nitrogen and oxygen atoms in total. The van der Waals surface area contributed by atoms with Crippen molar-refractivity contribution in [2.45, 2.75) is 65.5 Å². The number of rotatable bonds is 8. The van der Waals surface area contributed by atoms with Gasteiger partial charge in [-0.25, -0.2) is 9.78 Å². The summed E-state index contributed by atoms with van der Waals surface area (Å²) in [5.74, 6) is 2.11. The molecule has 6 heteroatoms. The number of imidazole rings is 1. The number of aromatic nitrogens is 2. The number of carbonyl (C=O) groups is 1. The van der Waals surface area contributed by atoms with Crippen LogP contribution in [0.5, 0.6) is 0 Å². The van der Waals surface area contributed by atoms with Crippen LogP contribution in [-0.4, -0.2) is 46.3 Å². The molecule has 30 heavy (non-hydrogen) atoms. The average molecular weight is 413 g/mol. The van der Waals surface area contributed by atoms with E-state index in [1.54, 1.807) is 0 Å². The van der Waals surface area contributed by atoms with Gasteiger partial charge in [0.1, 0.15) is 5.82 Å². The minimum atomic E-state index is -0.0294. The second kappa shape index (κ2) is 10.6. The van der Waals surface area contributed by atoms with Crippen LogP contribution in [-0.2, 0) is 11.3 Å². The van der Waals surface area contributed by atoms with Gasteiger partial charge in [-0.1, -0.05) is 39.8 Å². The topological polar surface area (TPSA) is 59.4 Å². The molecular weight excluding hydrogens is 376 g/mol. The van der Waals surface area contributed by atoms with E-state index in [0.29, 0.717) is 11.8 Å². The third kappa shape index (κ3) is 6.33. The second-order valence-electron chi connectivity index (χ2n) is 8.94. The molecule has 0 spiro atoms. The largest absolute Gasteiger partial charge is 0.378 e. The van der Waals surface area contributed by atoms with Gasteiger partial charge in [-0.3, -0.25) is 0 Å². The van der Waals surface area contributed by atoms with Crippen LogP contribution < -0.4 is 5.32 Å². The molecule has 1 aromatic carbocycles. The summed E-state index contributed by atoms with van der Waals surface area (Å²) in [5, 5.41) is 3.06. The van der Waals surface area contributed by atoms with Crippen molar-refractivity contribution in [3.8, 4) is 0 Å². The molecule has 0 aliphatic carbocycles. The van der Waals surface area contributed by atoms with Crippen molar-refractivity contribution in [1.29, 1.82) is 0 Å². The van der Waals surface area contributed by atoms with Crippen molar-refractivity contribution in [3.63, 3.8) is 0 Å². The van der Waals surface area contributed by atoms with Gasteiger partial charge in [-0.2, -0.15) is 0 Å². The summed E-state index contributed by atoms with van der Waals surface area (Å²) in [6.07, 6.45) is 7.04. The lowest BCUT2D eigenvalue weighted by atomic mass is 10.1. The van der Waals surface area contributed by atoms with E-state index in [-0.39, 0.29) is 12.1 Å². The van der Waals surface area contributed by atoms with Gasteiger partial charge in [-0.15, -0.1) is 0 Å². The van der Waals surface area contributed by atoms with Crippen LogP contribution in [0.3, 0.4) is 0 Å². The Morgan fingerprint density at radius 3 is 2.70 bits per heavy atom. The van der Waals surface area contributed by atoms with Crippen LogP contribution in [0.15, 0.2) is 36.7 Å². The maximum Gasteiger partial charge on any atom is 0.321 e. The van der Waals surface area contributed by atoms with E-state index in [4.69, 9.17) is 4.74 Å². The van der Waals surface area contributed by atoms with Gasteiger partial charge in [0.05, 0.1) is 6.10 Å². The van der Waals surface area contributed by atoms with E-state index >= 15 is 0 Å². The van der Waals surface area contributed by atoms with Crippen molar-refractivity contribution < 1.29 is 9.53 Å².